The number of amides is 2. The van der Waals surface area contributed by atoms with Crippen molar-refractivity contribution in [3.8, 4) is 0 Å². The lowest BCUT2D eigenvalue weighted by Crippen LogP contribution is -2.71. The van der Waals surface area contributed by atoms with E-state index in [-0.39, 0.29) is 26.1 Å². The third kappa shape index (κ3) is 7.78. The fourth-order valence-electron chi connectivity index (χ4n) is 8.00. The summed E-state index contributed by atoms with van der Waals surface area (Å²) < 4.78 is 61.6. The first kappa shape index (κ1) is 40.0. The molecule has 17 heteroatoms. The number of esters is 2. The van der Waals surface area contributed by atoms with Crippen LogP contribution in [-0.4, -0.2) is 108 Å². The van der Waals surface area contributed by atoms with Crippen LogP contribution < -0.4 is 10.6 Å². The lowest BCUT2D eigenvalue weighted by molar-refractivity contribution is -0.213. The minimum absolute atomic E-state index is 0.117. The summed E-state index contributed by atoms with van der Waals surface area (Å²) in [6.07, 6.45) is -8.29. The molecule has 3 aromatic rings. The molecule has 302 valence electrons. The SMILES string of the molecule is C[C@H](O)[C@@H](NC(=O)[C@@]12C[C@H]3OC(=O)[C@@H]1N(Cc1cccc(C=CC(=O)OCC(F)(F)F)c1)O[C@@H]2[C@H]1OC(c2ccccc2)(c2ccccc2)O[C@H]13)C(=O)NCCO. The van der Waals surface area contributed by atoms with Gasteiger partial charge in [-0.2, -0.15) is 18.2 Å². The van der Waals surface area contributed by atoms with E-state index in [2.05, 4.69) is 15.4 Å². The maximum Gasteiger partial charge on any atom is 0.422 e. The molecule has 3 heterocycles. The Morgan fingerprint density at radius 1 is 1.00 bits per heavy atom. The van der Waals surface area contributed by atoms with Gasteiger partial charge < -0.3 is 39.8 Å². The minimum atomic E-state index is -4.69. The number of rotatable bonds is 13. The molecule has 2 bridgehead atoms. The Bertz CT molecular complexity index is 1960. The molecule has 0 unspecified atom stereocenters. The van der Waals surface area contributed by atoms with Gasteiger partial charge in [0.05, 0.1) is 19.3 Å². The van der Waals surface area contributed by atoms with Crippen molar-refractivity contribution in [2.45, 2.75) is 74.5 Å². The first-order chi connectivity index (χ1) is 27.3. The van der Waals surface area contributed by atoms with Gasteiger partial charge >= 0.3 is 18.1 Å². The highest BCUT2D eigenvalue weighted by molar-refractivity contribution is 5.96. The summed E-state index contributed by atoms with van der Waals surface area (Å²) in [6.45, 7) is -1.09. The standard InChI is InChI=1S/C40H40F3N3O11/c1-23(48)30(35(50)44-17-18-47)45-37(52)38-20-28-31-32(56-40(55-31,26-11-4-2-5-12-26)27-13-6-3-7-14-27)34(38)57-46(33(38)36(51)54-28)21-25-10-8-9-24(19-25)15-16-29(49)53-22-39(41,42)43/h2-16,19,23,28,30-34,47-48H,17-18,20-22H2,1H3,(H,44,50)(H,45,52)/t23-,28+,30+,31-,32-,33-,34+,38-/m0/s1. The number of aliphatic hydroxyl groups is 2. The van der Waals surface area contributed by atoms with Gasteiger partial charge in [-0.15, -0.1) is 0 Å². The molecule has 4 N–H and O–H groups in total. The topological polar surface area (TPSA) is 182 Å². The second-order valence-corrected chi connectivity index (χ2v) is 14.2. The first-order valence-corrected chi connectivity index (χ1v) is 18.2. The summed E-state index contributed by atoms with van der Waals surface area (Å²) >= 11 is 0. The summed E-state index contributed by atoms with van der Waals surface area (Å²) in [5.41, 5.74) is 0.399. The molecule has 3 aliphatic heterocycles. The lowest BCUT2D eigenvalue weighted by atomic mass is 9.62. The van der Waals surface area contributed by atoms with Gasteiger partial charge in [0, 0.05) is 30.2 Å². The molecule has 3 saturated heterocycles. The van der Waals surface area contributed by atoms with Crippen LogP contribution in [0.25, 0.3) is 6.08 Å². The third-order valence-corrected chi connectivity index (χ3v) is 10.4. The van der Waals surface area contributed by atoms with Crippen LogP contribution in [0.15, 0.2) is 91.0 Å². The number of hydrogen-bond donors (Lipinski definition) is 4. The van der Waals surface area contributed by atoms with E-state index in [1.54, 1.807) is 24.3 Å². The highest BCUT2D eigenvalue weighted by Crippen LogP contribution is 2.59. The van der Waals surface area contributed by atoms with Gasteiger partial charge in [-0.3, -0.25) is 19.2 Å². The van der Waals surface area contributed by atoms with Gasteiger partial charge in [0.2, 0.25) is 17.6 Å². The molecule has 4 aliphatic rings. The molecule has 8 atom stereocenters. The Balaban J connectivity index is 1.26. The predicted molar refractivity (Wildman–Crippen MR) is 191 cm³/mol. The zero-order chi connectivity index (χ0) is 40.5. The number of alkyl halides is 3. The van der Waals surface area contributed by atoms with Crippen LogP contribution in [0.3, 0.4) is 0 Å². The Kier molecular flexibility index (Phi) is 11.2. The number of fused-ring (bicyclic) bond motifs is 4. The Labute approximate surface area is 324 Å². The van der Waals surface area contributed by atoms with Gasteiger partial charge in [0.15, 0.2) is 12.6 Å². The number of hydrogen-bond acceptors (Lipinski definition) is 12. The van der Waals surface area contributed by atoms with Crippen LogP contribution in [0.4, 0.5) is 13.2 Å². The zero-order valence-corrected chi connectivity index (χ0v) is 30.5. The minimum Gasteiger partial charge on any atom is -0.458 e. The normalized spacial score (nSPS) is 27.3. The summed E-state index contributed by atoms with van der Waals surface area (Å²) in [5, 5.41) is 26.3. The van der Waals surface area contributed by atoms with E-state index in [4.69, 9.17) is 19.0 Å². The monoisotopic (exact) mass is 795 g/mol. The van der Waals surface area contributed by atoms with Crippen molar-refractivity contribution in [3.63, 3.8) is 0 Å². The largest absolute Gasteiger partial charge is 0.458 e. The van der Waals surface area contributed by atoms with Gasteiger partial charge in [0.25, 0.3) is 0 Å². The van der Waals surface area contributed by atoms with Crippen LogP contribution in [0.1, 0.15) is 35.6 Å². The fourth-order valence-corrected chi connectivity index (χ4v) is 8.00. The van der Waals surface area contributed by atoms with Crippen molar-refractivity contribution in [1.82, 2.24) is 15.7 Å². The van der Waals surface area contributed by atoms with Crippen LogP contribution >= 0.6 is 0 Å². The number of nitrogens with zero attached hydrogens (tertiary/aromatic N) is 1. The average Bonchev–Trinajstić information content (AvgIpc) is 3.77. The molecule has 1 saturated carbocycles. The van der Waals surface area contributed by atoms with Crippen molar-refractivity contribution in [2.75, 3.05) is 19.8 Å². The van der Waals surface area contributed by atoms with Gasteiger partial charge in [0.1, 0.15) is 35.9 Å². The molecule has 57 heavy (non-hydrogen) atoms. The predicted octanol–water partition coefficient (Wildman–Crippen LogP) is 2.26. The van der Waals surface area contributed by atoms with E-state index < -0.39 is 90.3 Å². The zero-order valence-electron chi connectivity index (χ0n) is 30.5. The van der Waals surface area contributed by atoms with E-state index in [9.17, 15) is 42.6 Å². The number of hydroxylamine groups is 2. The van der Waals surface area contributed by atoms with Crippen molar-refractivity contribution < 1.29 is 66.3 Å². The molecule has 3 aromatic carbocycles. The second-order valence-electron chi connectivity index (χ2n) is 14.2. The maximum atomic E-state index is 14.9. The molecule has 4 fully saturated rings. The highest BCUT2D eigenvalue weighted by atomic mass is 19.4. The molecule has 0 spiro atoms. The van der Waals surface area contributed by atoms with Crippen molar-refractivity contribution in [2.24, 2.45) is 5.41 Å². The molecular weight excluding hydrogens is 755 g/mol. The third-order valence-electron chi connectivity index (χ3n) is 10.4. The lowest BCUT2D eigenvalue weighted by Gasteiger charge is -2.49. The Morgan fingerprint density at radius 3 is 2.30 bits per heavy atom. The van der Waals surface area contributed by atoms with E-state index in [1.165, 1.54) is 18.1 Å². The van der Waals surface area contributed by atoms with Crippen LogP contribution in [0.5, 0.6) is 0 Å². The van der Waals surface area contributed by atoms with Crippen molar-refractivity contribution >= 4 is 29.8 Å². The number of nitrogens with one attached hydrogen (secondary N) is 2. The highest BCUT2D eigenvalue weighted by Gasteiger charge is 2.76. The van der Waals surface area contributed by atoms with Crippen LogP contribution in [0, 0.1) is 5.41 Å². The summed E-state index contributed by atoms with van der Waals surface area (Å²) in [7, 11) is 0. The average molecular weight is 796 g/mol. The van der Waals surface area contributed by atoms with E-state index in [1.807, 2.05) is 60.7 Å². The fraction of sp³-hybridized carbons (Fsp3) is 0.400. The maximum absolute atomic E-state index is 14.9. The molecule has 7 rings (SSSR count). The smallest absolute Gasteiger partial charge is 0.422 e. The van der Waals surface area contributed by atoms with E-state index in [0.29, 0.717) is 22.3 Å². The summed E-state index contributed by atoms with van der Waals surface area (Å²) in [4.78, 5) is 60.7. The quantitative estimate of drug-likeness (QED) is 0.147. The Morgan fingerprint density at radius 2 is 1.67 bits per heavy atom. The number of aliphatic hydroxyl groups excluding tert-OH is 2. The molecule has 0 aromatic heterocycles. The van der Waals surface area contributed by atoms with Gasteiger partial charge in [-0.25, -0.2) is 4.79 Å². The second kappa shape index (κ2) is 16.0. The number of benzene rings is 3. The first-order valence-electron chi connectivity index (χ1n) is 18.2. The number of carbonyl (C=O) groups is 4. The summed E-state index contributed by atoms with van der Waals surface area (Å²) in [5.74, 6) is -5.10. The molecular formula is C40H40F3N3O11. The van der Waals surface area contributed by atoms with Gasteiger partial charge in [-0.1, -0.05) is 84.9 Å². The van der Waals surface area contributed by atoms with Crippen molar-refractivity contribution in [3.05, 3.63) is 113 Å². The molecule has 2 amide bonds. The number of carbonyl (C=O) groups excluding carboxylic acids is 4. The van der Waals surface area contributed by atoms with E-state index >= 15 is 0 Å². The summed E-state index contributed by atoms with van der Waals surface area (Å²) in [6, 6.07) is 21.8. The van der Waals surface area contributed by atoms with Crippen LogP contribution in [0.2, 0.25) is 0 Å². The molecule has 1 aliphatic carbocycles. The van der Waals surface area contributed by atoms with Crippen LogP contribution in [-0.2, 0) is 55.3 Å². The number of ether oxygens (including phenoxy) is 4. The Hall–Kier alpha value is -5.17. The number of halogens is 3. The molecule has 0 radical (unpaired) electrons. The molecule has 14 nitrogen and oxygen atoms in total. The van der Waals surface area contributed by atoms with Crippen molar-refractivity contribution in [1.29, 1.82) is 0 Å². The van der Waals surface area contributed by atoms with Gasteiger partial charge in [-0.05, 0) is 24.1 Å². The van der Waals surface area contributed by atoms with E-state index in [0.717, 1.165) is 6.08 Å².